The molecule has 0 aliphatic carbocycles. The van der Waals surface area contributed by atoms with E-state index in [9.17, 15) is 27.3 Å². The minimum absolute atomic E-state index is 0.0273. The maximum absolute atomic E-state index is 13.0. The fourth-order valence-electron chi connectivity index (χ4n) is 2.22. The number of alkyl halides is 3. The molecule has 1 rings (SSSR count). The SMILES string of the molecule is C=N/C(=C\C=C(/C)c1ccc([C@@H](O)[C@@H](CF)NC(=O)C(F)F)cc1)S(C)(=N)=O. The lowest BCUT2D eigenvalue weighted by Crippen LogP contribution is -2.43. The van der Waals surface area contributed by atoms with Gasteiger partial charge in [0.1, 0.15) is 17.8 Å². The zero-order valence-electron chi connectivity index (χ0n) is 15.4. The molecule has 0 fully saturated rings. The number of carbonyl (C=O) groups is 1. The van der Waals surface area contributed by atoms with E-state index in [1.807, 2.05) is 0 Å². The monoisotopic (exact) mass is 417 g/mol. The Bertz CT molecular complexity index is 866. The Morgan fingerprint density at radius 2 is 1.93 bits per heavy atom. The van der Waals surface area contributed by atoms with Crippen molar-refractivity contribution in [1.82, 2.24) is 5.32 Å². The molecule has 0 radical (unpaired) electrons. The molecule has 1 aromatic carbocycles. The number of amides is 1. The molecular weight excluding hydrogens is 395 g/mol. The Balaban J connectivity index is 3.00. The van der Waals surface area contributed by atoms with Crippen LogP contribution in [0.4, 0.5) is 13.2 Å². The van der Waals surface area contributed by atoms with E-state index in [1.165, 1.54) is 24.5 Å². The third kappa shape index (κ3) is 6.61. The minimum atomic E-state index is -3.30. The average Bonchev–Trinajstić information content (AvgIpc) is 2.64. The lowest BCUT2D eigenvalue weighted by molar-refractivity contribution is -0.133. The van der Waals surface area contributed by atoms with Crippen molar-refractivity contribution in [2.75, 3.05) is 12.9 Å². The summed E-state index contributed by atoms with van der Waals surface area (Å²) in [6, 6.07) is 4.65. The summed E-state index contributed by atoms with van der Waals surface area (Å²) >= 11 is 0. The topological polar surface area (TPSA) is 103 Å². The molecule has 0 saturated carbocycles. The van der Waals surface area contributed by atoms with E-state index in [0.717, 1.165) is 5.57 Å². The van der Waals surface area contributed by atoms with Crippen LogP contribution in [0.2, 0.25) is 0 Å². The van der Waals surface area contributed by atoms with Gasteiger partial charge in [-0.05, 0) is 36.4 Å². The molecule has 28 heavy (non-hydrogen) atoms. The molecule has 0 saturated heterocycles. The van der Waals surface area contributed by atoms with E-state index < -0.39 is 40.9 Å². The summed E-state index contributed by atoms with van der Waals surface area (Å²) < 4.78 is 56.8. The van der Waals surface area contributed by atoms with Crippen LogP contribution in [0.5, 0.6) is 0 Å². The van der Waals surface area contributed by atoms with Crippen molar-refractivity contribution in [1.29, 1.82) is 4.78 Å². The normalized spacial score (nSPS) is 17.0. The molecule has 0 bridgehead atoms. The number of aliphatic imine (C=N–C) groups is 1. The fraction of sp³-hybridized carbons (Fsp3) is 0.333. The highest BCUT2D eigenvalue weighted by molar-refractivity contribution is 7.95. The Morgan fingerprint density at radius 3 is 2.36 bits per heavy atom. The molecule has 1 unspecified atom stereocenters. The third-order valence-corrected chi connectivity index (χ3v) is 4.87. The quantitative estimate of drug-likeness (QED) is 0.425. The molecular formula is C18H22F3N3O3S. The standard InChI is InChI=1S/C18H22F3N3O3S/c1-11(4-9-15(23-2)28(3,22)27)12-5-7-13(8-6-12)16(25)14(10-19)24-18(26)17(20)21/h4-9,14,16-17,22,25H,2,10H2,1,3H3,(H,24,26)/b11-4+,15-9+/t14-,16-,28?/m1/s1. The van der Waals surface area contributed by atoms with Crippen LogP contribution < -0.4 is 5.32 Å². The van der Waals surface area contributed by atoms with E-state index in [2.05, 4.69) is 11.7 Å². The maximum Gasteiger partial charge on any atom is 0.315 e. The predicted octanol–water partition coefficient (Wildman–Crippen LogP) is 3.06. The Kier molecular flexibility index (Phi) is 8.58. The van der Waals surface area contributed by atoms with Gasteiger partial charge in [-0.3, -0.25) is 9.79 Å². The number of nitrogens with zero attached hydrogens (tertiary/aromatic N) is 1. The van der Waals surface area contributed by atoms with Crippen molar-refractivity contribution in [3.05, 3.63) is 52.6 Å². The Morgan fingerprint density at radius 1 is 1.36 bits per heavy atom. The predicted molar refractivity (Wildman–Crippen MR) is 103 cm³/mol. The summed E-state index contributed by atoms with van der Waals surface area (Å²) in [5.41, 5.74) is 1.66. The Hall–Kier alpha value is -2.46. The van der Waals surface area contributed by atoms with Crippen LogP contribution in [0.25, 0.3) is 5.57 Å². The first kappa shape index (κ1) is 23.6. The number of hydrogen-bond donors (Lipinski definition) is 3. The lowest BCUT2D eigenvalue weighted by Gasteiger charge is -2.22. The zero-order valence-corrected chi connectivity index (χ0v) is 16.2. The van der Waals surface area contributed by atoms with Gasteiger partial charge in [-0.2, -0.15) is 8.78 Å². The first-order valence-corrected chi connectivity index (χ1v) is 10.00. The van der Waals surface area contributed by atoms with Gasteiger partial charge < -0.3 is 10.4 Å². The van der Waals surface area contributed by atoms with E-state index in [0.29, 0.717) is 5.56 Å². The summed E-state index contributed by atoms with van der Waals surface area (Å²) in [7, 11) is -3.01. The third-order valence-electron chi connectivity index (χ3n) is 3.81. The molecule has 0 aliphatic rings. The number of aliphatic hydroxyl groups is 1. The molecule has 1 aromatic rings. The van der Waals surface area contributed by atoms with Crippen molar-refractivity contribution in [2.45, 2.75) is 25.5 Å². The van der Waals surface area contributed by atoms with E-state index in [1.54, 1.807) is 30.4 Å². The van der Waals surface area contributed by atoms with Crippen LogP contribution in [0, 0.1) is 4.78 Å². The van der Waals surface area contributed by atoms with Gasteiger partial charge in [0.25, 0.3) is 5.91 Å². The van der Waals surface area contributed by atoms with Gasteiger partial charge in [-0.1, -0.05) is 30.3 Å². The maximum atomic E-state index is 13.0. The Labute approximate surface area is 161 Å². The van der Waals surface area contributed by atoms with Crippen LogP contribution >= 0.6 is 0 Å². The van der Waals surface area contributed by atoms with Gasteiger partial charge in [0.05, 0.1) is 15.8 Å². The summed E-state index contributed by atoms with van der Waals surface area (Å²) in [5.74, 6) is -1.66. The van der Waals surface area contributed by atoms with E-state index >= 15 is 0 Å². The molecule has 0 aliphatic heterocycles. The van der Waals surface area contributed by atoms with Crippen molar-refractivity contribution in [3.63, 3.8) is 0 Å². The van der Waals surface area contributed by atoms with Crippen LogP contribution in [0.15, 0.2) is 46.4 Å². The molecule has 0 heterocycles. The van der Waals surface area contributed by atoms with Gasteiger partial charge in [-0.15, -0.1) is 0 Å². The summed E-state index contributed by atoms with van der Waals surface area (Å²) in [6.45, 7) is 3.81. The molecule has 3 N–H and O–H groups in total. The second-order valence-electron chi connectivity index (χ2n) is 5.99. The van der Waals surface area contributed by atoms with Crippen molar-refractivity contribution < 1.29 is 27.3 Å². The van der Waals surface area contributed by atoms with Crippen molar-refractivity contribution >= 4 is 27.9 Å². The second-order valence-corrected chi connectivity index (χ2v) is 8.10. The number of rotatable bonds is 9. The fourth-order valence-corrected chi connectivity index (χ4v) is 2.80. The number of halogens is 3. The first-order chi connectivity index (χ1) is 13.0. The van der Waals surface area contributed by atoms with E-state index in [-0.39, 0.29) is 10.6 Å². The van der Waals surface area contributed by atoms with Crippen LogP contribution in [0.1, 0.15) is 24.2 Å². The molecule has 0 spiro atoms. The van der Waals surface area contributed by atoms with E-state index in [4.69, 9.17) is 4.78 Å². The number of benzene rings is 1. The van der Waals surface area contributed by atoms with Crippen LogP contribution in [0.3, 0.4) is 0 Å². The minimum Gasteiger partial charge on any atom is -0.386 e. The summed E-state index contributed by atoms with van der Waals surface area (Å²) in [4.78, 5) is 14.6. The van der Waals surface area contributed by atoms with Crippen molar-refractivity contribution in [3.8, 4) is 0 Å². The highest BCUT2D eigenvalue weighted by atomic mass is 32.2. The molecule has 10 heteroatoms. The molecule has 6 nitrogen and oxygen atoms in total. The second kappa shape index (κ2) is 10.2. The van der Waals surface area contributed by atoms with Crippen LogP contribution in [-0.2, 0) is 14.5 Å². The number of nitrogens with one attached hydrogen (secondary N) is 2. The lowest BCUT2D eigenvalue weighted by atomic mass is 9.99. The zero-order chi connectivity index (χ0) is 21.5. The number of allylic oxidation sites excluding steroid dienone is 3. The summed E-state index contributed by atoms with van der Waals surface area (Å²) in [5, 5.41) is 11.9. The number of carbonyl (C=O) groups excluding carboxylic acids is 1. The highest BCUT2D eigenvalue weighted by Gasteiger charge is 2.26. The number of aliphatic hydroxyl groups excluding tert-OH is 1. The van der Waals surface area contributed by atoms with Gasteiger partial charge in [0.2, 0.25) is 0 Å². The highest BCUT2D eigenvalue weighted by Crippen LogP contribution is 2.22. The molecule has 3 atom stereocenters. The van der Waals surface area contributed by atoms with Gasteiger partial charge >= 0.3 is 6.43 Å². The smallest absolute Gasteiger partial charge is 0.315 e. The van der Waals surface area contributed by atoms with Gasteiger partial charge in [0, 0.05) is 6.26 Å². The average molecular weight is 417 g/mol. The summed E-state index contributed by atoms with van der Waals surface area (Å²) in [6.07, 6.45) is -0.572. The molecule has 0 aromatic heterocycles. The van der Waals surface area contributed by atoms with Gasteiger partial charge in [0.15, 0.2) is 0 Å². The molecule has 1 amide bonds. The largest absolute Gasteiger partial charge is 0.386 e. The molecule has 154 valence electrons. The van der Waals surface area contributed by atoms with Crippen LogP contribution in [-0.4, -0.2) is 47.3 Å². The number of hydrogen-bond acceptors (Lipinski definition) is 5. The van der Waals surface area contributed by atoms with Gasteiger partial charge in [-0.25, -0.2) is 13.4 Å². The van der Waals surface area contributed by atoms with Crippen molar-refractivity contribution in [2.24, 2.45) is 4.99 Å². The first-order valence-electron chi connectivity index (χ1n) is 8.03.